The van der Waals surface area contributed by atoms with Gasteiger partial charge in [0.05, 0.1) is 0 Å². The zero-order valence-electron chi connectivity index (χ0n) is 12.2. The van der Waals surface area contributed by atoms with Crippen molar-refractivity contribution in [2.24, 2.45) is 11.7 Å². The standard InChI is InChI=1S/C15H30N2O/c1-3-6-14-7-4-5-12-17(14)15(18)9-8-13(2)10-11-16/h13-14H,3-12,16H2,1-2H3. The normalized spacial score (nSPS) is 21.9. The highest BCUT2D eigenvalue weighted by Crippen LogP contribution is 2.22. The van der Waals surface area contributed by atoms with Crippen LogP contribution < -0.4 is 5.73 Å². The second-order valence-corrected chi connectivity index (χ2v) is 5.75. The van der Waals surface area contributed by atoms with E-state index >= 15 is 0 Å². The number of hydrogen-bond acceptors (Lipinski definition) is 2. The predicted molar refractivity (Wildman–Crippen MR) is 76.3 cm³/mol. The van der Waals surface area contributed by atoms with Gasteiger partial charge in [0.2, 0.25) is 5.91 Å². The molecule has 0 aliphatic carbocycles. The quantitative estimate of drug-likeness (QED) is 0.759. The Hall–Kier alpha value is -0.570. The Morgan fingerprint density at radius 1 is 1.39 bits per heavy atom. The maximum absolute atomic E-state index is 12.3. The Balaban J connectivity index is 2.37. The van der Waals surface area contributed by atoms with E-state index in [0.29, 0.717) is 24.3 Å². The fourth-order valence-electron chi connectivity index (χ4n) is 2.90. The molecule has 0 aromatic heterocycles. The summed E-state index contributed by atoms with van der Waals surface area (Å²) >= 11 is 0. The molecule has 18 heavy (non-hydrogen) atoms. The van der Waals surface area contributed by atoms with E-state index in [1.54, 1.807) is 0 Å². The summed E-state index contributed by atoms with van der Waals surface area (Å²) < 4.78 is 0. The first kappa shape index (κ1) is 15.5. The zero-order chi connectivity index (χ0) is 13.4. The lowest BCUT2D eigenvalue weighted by Gasteiger charge is -2.36. The van der Waals surface area contributed by atoms with Crippen molar-refractivity contribution >= 4 is 5.91 Å². The molecule has 106 valence electrons. The molecule has 1 heterocycles. The smallest absolute Gasteiger partial charge is 0.222 e. The van der Waals surface area contributed by atoms with Crippen LogP contribution in [0.2, 0.25) is 0 Å². The van der Waals surface area contributed by atoms with Crippen molar-refractivity contribution in [1.82, 2.24) is 4.90 Å². The van der Waals surface area contributed by atoms with Gasteiger partial charge in [-0.25, -0.2) is 0 Å². The van der Waals surface area contributed by atoms with Crippen LogP contribution in [0.25, 0.3) is 0 Å². The molecule has 1 fully saturated rings. The van der Waals surface area contributed by atoms with E-state index in [2.05, 4.69) is 18.7 Å². The maximum atomic E-state index is 12.3. The van der Waals surface area contributed by atoms with Crippen molar-refractivity contribution in [2.45, 2.75) is 71.3 Å². The lowest BCUT2D eigenvalue weighted by atomic mass is 9.96. The van der Waals surface area contributed by atoms with Crippen LogP contribution in [0.4, 0.5) is 0 Å². The van der Waals surface area contributed by atoms with Crippen molar-refractivity contribution in [2.75, 3.05) is 13.1 Å². The summed E-state index contributed by atoms with van der Waals surface area (Å²) in [5, 5.41) is 0. The molecule has 0 aromatic rings. The van der Waals surface area contributed by atoms with E-state index in [4.69, 9.17) is 5.73 Å². The third kappa shape index (κ3) is 4.97. The van der Waals surface area contributed by atoms with Crippen LogP contribution in [0.1, 0.15) is 65.2 Å². The molecule has 2 N–H and O–H groups in total. The molecule has 1 amide bonds. The van der Waals surface area contributed by atoms with Crippen LogP contribution in [-0.4, -0.2) is 29.9 Å². The average Bonchev–Trinajstić information content (AvgIpc) is 2.37. The fourth-order valence-corrected chi connectivity index (χ4v) is 2.90. The number of nitrogens with zero attached hydrogens (tertiary/aromatic N) is 1. The Morgan fingerprint density at radius 3 is 2.83 bits per heavy atom. The molecule has 0 saturated carbocycles. The summed E-state index contributed by atoms with van der Waals surface area (Å²) in [6, 6.07) is 0.515. The fraction of sp³-hybridized carbons (Fsp3) is 0.933. The van der Waals surface area contributed by atoms with Crippen LogP contribution in [-0.2, 0) is 4.79 Å². The molecule has 0 bridgehead atoms. The van der Waals surface area contributed by atoms with Crippen LogP contribution in [0.15, 0.2) is 0 Å². The Bertz CT molecular complexity index is 241. The van der Waals surface area contributed by atoms with Gasteiger partial charge in [-0.1, -0.05) is 20.3 Å². The van der Waals surface area contributed by atoms with Gasteiger partial charge in [0, 0.05) is 19.0 Å². The van der Waals surface area contributed by atoms with Crippen LogP contribution in [0.3, 0.4) is 0 Å². The van der Waals surface area contributed by atoms with E-state index in [-0.39, 0.29) is 0 Å². The van der Waals surface area contributed by atoms with Gasteiger partial charge in [0.25, 0.3) is 0 Å². The van der Waals surface area contributed by atoms with Gasteiger partial charge in [0.15, 0.2) is 0 Å². The molecule has 3 nitrogen and oxygen atoms in total. The first-order valence-electron chi connectivity index (χ1n) is 7.68. The van der Waals surface area contributed by atoms with Crippen LogP contribution in [0.5, 0.6) is 0 Å². The van der Waals surface area contributed by atoms with E-state index < -0.39 is 0 Å². The van der Waals surface area contributed by atoms with Crippen molar-refractivity contribution in [3.05, 3.63) is 0 Å². The number of rotatable bonds is 7. The molecule has 2 unspecified atom stereocenters. The predicted octanol–water partition coefficient (Wildman–Crippen LogP) is 2.93. The zero-order valence-corrected chi connectivity index (χ0v) is 12.2. The highest BCUT2D eigenvalue weighted by Gasteiger charge is 2.25. The molecule has 0 aromatic carbocycles. The minimum absolute atomic E-state index is 0.372. The van der Waals surface area contributed by atoms with Gasteiger partial charge in [-0.3, -0.25) is 4.79 Å². The number of nitrogens with two attached hydrogens (primary N) is 1. The van der Waals surface area contributed by atoms with Crippen LogP contribution in [0, 0.1) is 5.92 Å². The summed E-state index contributed by atoms with van der Waals surface area (Å²) in [5.41, 5.74) is 5.54. The van der Waals surface area contributed by atoms with Gasteiger partial charge in [-0.05, 0) is 51.0 Å². The molecule has 1 saturated heterocycles. The number of likely N-dealkylation sites (tertiary alicyclic amines) is 1. The minimum atomic E-state index is 0.372. The maximum Gasteiger partial charge on any atom is 0.222 e. The van der Waals surface area contributed by atoms with E-state index in [1.807, 2.05) is 0 Å². The Kier molecular flexibility index (Phi) is 7.33. The number of amides is 1. The van der Waals surface area contributed by atoms with Gasteiger partial charge in [-0.15, -0.1) is 0 Å². The van der Waals surface area contributed by atoms with Crippen molar-refractivity contribution < 1.29 is 4.79 Å². The van der Waals surface area contributed by atoms with Crippen molar-refractivity contribution in [1.29, 1.82) is 0 Å². The summed E-state index contributed by atoms with van der Waals surface area (Å²) in [7, 11) is 0. The molecular formula is C15H30N2O. The van der Waals surface area contributed by atoms with E-state index in [0.717, 1.165) is 25.9 Å². The van der Waals surface area contributed by atoms with Gasteiger partial charge in [0.1, 0.15) is 0 Å². The molecule has 1 aliphatic rings. The van der Waals surface area contributed by atoms with Crippen LogP contribution >= 0.6 is 0 Å². The third-order valence-corrected chi connectivity index (χ3v) is 4.08. The summed E-state index contributed by atoms with van der Waals surface area (Å²) in [4.78, 5) is 14.4. The number of piperidine rings is 1. The minimum Gasteiger partial charge on any atom is -0.340 e. The monoisotopic (exact) mass is 254 g/mol. The largest absolute Gasteiger partial charge is 0.340 e. The highest BCUT2D eigenvalue weighted by molar-refractivity contribution is 5.76. The van der Waals surface area contributed by atoms with E-state index in [9.17, 15) is 4.79 Å². The van der Waals surface area contributed by atoms with Gasteiger partial charge >= 0.3 is 0 Å². The summed E-state index contributed by atoms with van der Waals surface area (Å²) in [6.45, 7) is 6.12. The van der Waals surface area contributed by atoms with Gasteiger partial charge < -0.3 is 10.6 Å². The van der Waals surface area contributed by atoms with Crippen molar-refractivity contribution in [3.8, 4) is 0 Å². The third-order valence-electron chi connectivity index (χ3n) is 4.08. The Morgan fingerprint density at radius 2 is 2.17 bits per heavy atom. The first-order valence-corrected chi connectivity index (χ1v) is 7.68. The lowest BCUT2D eigenvalue weighted by Crippen LogP contribution is -2.43. The highest BCUT2D eigenvalue weighted by atomic mass is 16.2. The second-order valence-electron chi connectivity index (χ2n) is 5.75. The first-order chi connectivity index (χ1) is 8.69. The number of hydrogen-bond donors (Lipinski definition) is 1. The molecule has 0 spiro atoms. The van der Waals surface area contributed by atoms with Crippen molar-refractivity contribution in [3.63, 3.8) is 0 Å². The SMILES string of the molecule is CCCC1CCCCN1C(=O)CCC(C)CCN. The van der Waals surface area contributed by atoms with E-state index in [1.165, 1.54) is 32.1 Å². The molecule has 3 heteroatoms. The lowest BCUT2D eigenvalue weighted by molar-refractivity contribution is -0.135. The molecule has 1 aliphatic heterocycles. The number of carbonyl (C=O) groups excluding carboxylic acids is 1. The summed E-state index contributed by atoms with van der Waals surface area (Å²) in [6.07, 6.45) is 8.76. The Labute approximate surface area is 112 Å². The van der Waals surface area contributed by atoms with Gasteiger partial charge in [-0.2, -0.15) is 0 Å². The second kappa shape index (κ2) is 8.52. The molecule has 2 atom stereocenters. The molecular weight excluding hydrogens is 224 g/mol. The molecule has 0 radical (unpaired) electrons. The summed E-state index contributed by atoms with van der Waals surface area (Å²) in [5.74, 6) is 0.949. The molecule has 1 rings (SSSR count). The topological polar surface area (TPSA) is 46.3 Å². The number of carbonyl (C=O) groups is 1. The average molecular weight is 254 g/mol.